The fourth-order valence-electron chi connectivity index (χ4n) is 1.78. The second kappa shape index (κ2) is 5.82. The minimum Gasteiger partial charge on any atom is -0.496 e. The first-order valence-electron chi connectivity index (χ1n) is 5.21. The van der Waals surface area contributed by atoms with Gasteiger partial charge in [0.05, 0.1) is 7.11 Å². The molecule has 16 heavy (non-hydrogen) atoms. The number of hydrogen-bond acceptors (Lipinski definition) is 3. The van der Waals surface area contributed by atoms with Crippen molar-refractivity contribution in [1.29, 1.82) is 0 Å². The number of rotatable bonds is 5. The molecule has 1 atom stereocenters. The molecular formula is C12H18FNO2. The summed E-state index contributed by atoms with van der Waals surface area (Å²) in [5.41, 5.74) is 0.765. The van der Waals surface area contributed by atoms with Crippen LogP contribution in [0.5, 0.6) is 5.75 Å². The third kappa shape index (κ3) is 2.93. The fourth-order valence-corrected chi connectivity index (χ4v) is 1.78. The molecule has 0 aliphatic rings. The molecule has 0 aliphatic heterocycles. The van der Waals surface area contributed by atoms with Gasteiger partial charge in [0.15, 0.2) is 0 Å². The predicted molar refractivity (Wildman–Crippen MR) is 61.1 cm³/mol. The Labute approximate surface area is 95.5 Å². The van der Waals surface area contributed by atoms with Gasteiger partial charge in [0.25, 0.3) is 0 Å². The average molecular weight is 227 g/mol. The summed E-state index contributed by atoms with van der Waals surface area (Å²) in [4.78, 5) is 1.94. The molecule has 1 aromatic carbocycles. The van der Waals surface area contributed by atoms with Gasteiger partial charge in [-0.25, -0.2) is 4.39 Å². The van der Waals surface area contributed by atoms with E-state index in [0.29, 0.717) is 12.2 Å². The fraction of sp³-hybridized carbons (Fsp3) is 0.500. The maximum absolute atomic E-state index is 13.2. The highest BCUT2D eigenvalue weighted by molar-refractivity contribution is 5.36. The van der Waals surface area contributed by atoms with Crippen molar-refractivity contribution < 1.29 is 14.2 Å². The highest BCUT2D eigenvalue weighted by Gasteiger charge is 2.18. The van der Waals surface area contributed by atoms with Gasteiger partial charge in [0.2, 0.25) is 0 Å². The van der Waals surface area contributed by atoms with Crippen molar-refractivity contribution in [2.24, 2.45) is 0 Å². The van der Waals surface area contributed by atoms with Crippen molar-refractivity contribution in [3.05, 3.63) is 29.6 Å². The Morgan fingerprint density at radius 3 is 2.62 bits per heavy atom. The number of aliphatic hydroxyl groups excluding tert-OH is 1. The molecule has 1 rings (SSSR count). The number of nitrogens with zero attached hydrogens (tertiary/aromatic N) is 1. The number of ether oxygens (including phenoxy) is 1. The summed E-state index contributed by atoms with van der Waals surface area (Å²) < 4.78 is 18.4. The van der Waals surface area contributed by atoms with Crippen LogP contribution in [0, 0.1) is 5.82 Å². The van der Waals surface area contributed by atoms with Crippen LogP contribution < -0.4 is 4.74 Å². The van der Waals surface area contributed by atoms with Gasteiger partial charge in [-0.1, -0.05) is 0 Å². The largest absolute Gasteiger partial charge is 0.496 e. The molecule has 1 aromatic rings. The maximum Gasteiger partial charge on any atom is 0.123 e. The lowest BCUT2D eigenvalue weighted by Gasteiger charge is -2.25. The van der Waals surface area contributed by atoms with Crippen LogP contribution in [0.1, 0.15) is 18.0 Å². The minimum atomic E-state index is -0.291. The predicted octanol–water partition coefficient (Wildman–Crippen LogP) is 1.82. The molecule has 0 heterocycles. The van der Waals surface area contributed by atoms with Crippen LogP contribution in [0.3, 0.4) is 0 Å². The zero-order chi connectivity index (χ0) is 12.1. The molecule has 3 nitrogen and oxygen atoms in total. The number of halogens is 1. The Balaban J connectivity index is 3.10. The summed E-state index contributed by atoms with van der Waals surface area (Å²) in [5, 5.41) is 9.02. The molecule has 0 aliphatic carbocycles. The monoisotopic (exact) mass is 227 g/mol. The molecule has 0 bridgehead atoms. The smallest absolute Gasteiger partial charge is 0.123 e. The zero-order valence-electron chi connectivity index (χ0n) is 9.90. The van der Waals surface area contributed by atoms with Crippen molar-refractivity contribution in [3.63, 3.8) is 0 Å². The van der Waals surface area contributed by atoms with E-state index in [1.807, 2.05) is 19.0 Å². The number of methoxy groups -OCH3 is 1. The summed E-state index contributed by atoms with van der Waals surface area (Å²) in [6, 6.07) is 4.39. The lowest BCUT2D eigenvalue weighted by Crippen LogP contribution is -2.21. The summed E-state index contributed by atoms with van der Waals surface area (Å²) in [6.45, 7) is 0.0580. The molecule has 0 spiro atoms. The van der Waals surface area contributed by atoms with Gasteiger partial charge in [-0.2, -0.15) is 0 Å². The standard InChI is InChI=1S/C12H18FNO2/c1-14(2)11(6-7-15)10-8-9(13)4-5-12(10)16-3/h4-5,8,11,15H,6-7H2,1-3H3. The Kier molecular flexibility index (Phi) is 4.71. The van der Waals surface area contributed by atoms with Crippen molar-refractivity contribution in [1.82, 2.24) is 4.90 Å². The Hall–Kier alpha value is -1.13. The van der Waals surface area contributed by atoms with Gasteiger partial charge in [-0.15, -0.1) is 0 Å². The molecule has 1 N–H and O–H groups in total. The molecule has 0 fully saturated rings. The SMILES string of the molecule is COc1ccc(F)cc1C(CCO)N(C)C. The van der Waals surface area contributed by atoms with Gasteiger partial charge in [-0.05, 0) is 38.7 Å². The van der Waals surface area contributed by atoms with Crippen LogP contribution in [0.2, 0.25) is 0 Å². The van der Waals surface area contributed by atoms with Crippen LogP contribution >= 0.6 is 0 Å². The highest BCUT2D eigenvalue weighted by atomic mass is 19.1. The molecule has 0 aromatic heterocycles. The molecule has 0 amide bonds. The van der Waals surface area contributed by atoms with Crippen LogP contribution in [-0.2, 0) is 0 Å². The molecule has 0 saturated heterocycles. The van der Waals surface area contributed by atoms with E-state index >= 15 is 0 Å². The first kappa shape index (κ1) is 12.9. The quantitative estimate of drug-likeness (QED) is 0.832. The average Bonchev–Trinajstić information content (AvgIpc) is 2.25. The van der Waals surface area contributed by atoms with E-state index in [1.165, 1.54) is 12.1 Å². The molecule has 0 saturated carbocycles. The zero-order valence-corrected chi connectivity index (χ0v) is 9.90. The highest BCUT2D eigenvalue weighted by Crippen LogP contribution is 2.30. The molecule has 0 radical (unpaired) electrons. The normalized spacial score (nSPS) is 12.9. The van der Waals surface area contributed by atoms with Gasteiger partial charge in [0.1, 0.15) is 11.6 Å². The Morgan fingerprint density at radius 2 is 2.12 bits per heavy atom. The van der Waals surface area contributed by atoms with Gasteiger partial charge in [-0.3, -0.25) is 0 Å². The van der Waals surface area contributed by atoms with E-state index < -0.39 is 0 Å². The summed E-state index contributed by atoms with van der Waals surface area (Å²) in [7, 11) is 5.34. The van der Waals surface area contributed by atoms with Gasteiger partial charge < -0.3 is 14.7 Å². The molecule has 1 unspecified atom stereocenters. The number of aliphatic hydroxyl groups is 1. The van der Waals surface area contributed by atoms with Crippen molar-refractivity contribution in [2.75, 3.05) is 27.8 Å². The second-order valence-electron chi connectivity index (χ2n) is 3.88. The molecule has 4 heteroatoms. The van der Waals surface area contributed by atoms with Crippen LogP contribution in [0.15, 0.2) is 18.2 Å². The Bertz CT molecular complexity index is 342. The third-order valence-electron chi connectivity index (χ3n) is 2.58. The van der Waals surface area contributed by atoms with E-state index in [-0.39, 0.29) is 18.5 Å². The lowest BCUT2D eigenvalue weighted by molar-refractivity contribution is 0.207. The Morgan fingerprint density at radius 1 is 1.44 bits per heavy atom. The molecule has 90 valence electrons. The first-order valence-corrected chi connectivity index (χ1v) is 5.21. The number of hydrogen-bond donors (Lipinski definition) is 1. The maximum atomic E-state index is 13.2. The van der Waals surface area contributed by atoms with E-state index in [0.717, 1.165) is 5.56 Å². The van der Waals surface area contributed by atoms with Crippen molar-refractivity contribution in [3.8, 4) is 5.75 Å². The van der Waals surface area contributed by atoms with Gasteiger partial charge >= 0.3 is 0 Å². The third-order valence-corrected chi connectivity index (χ3v) is 2.58. The summed E-state index contributed by atoms with van der Waals surface area (Å²) in [6.07, 6.45) is 0.548. The minimum absolute atomic E-state index is 0.0457. The van der Waals surface area contributed by atoms with Gasteiger partial charge in [0, 0.05) is 18.2 Å². The van der Waals surface area contributed by atoms with Crippen molar-refractivity contribution in [2.45, 2.75) is 12.5 Å². The van der Waals surface area contributed by atoms with E-state index in [4.69, 9.17) is 9.84 Å². The lowest BCUT2D eigenvalue weighted by atomic mass is 10.0. The first-order chi connectivity index (χ1) is 7.60. The van der Waals surface area contributed by atoms with E-state index in [9.17, 15) is 4.39 Å². The molecular weight excluding hydrogens is 209 g/mol. The summed E-state index contributed by atoms with van der Waals surface area (Å²) >= 11 is 0. The van der Waals surface area contributed by atoms with E-state index in [1.54, 1.807) is 13.2 Å². The van der Waals surface area contributed by atoms with Crippen LogP contribution in [-0.4, -0.2) is 37.8 Å². The second-order valence-corrected chi connectivity index (χ2v) is 3.88. The topological polar surface area (TPSA) is 32.7 Å². The van der Waals surface area contributed by atoms with Crippen LogP contribution in [0.25, 0.3) is 0 Å². The van der Waals surface area contributed by atoms with Crippen LogP contribution in [0.4, 0.5) is 4.39 Å². The summed E-state index contributed by atoms with van der Waals surface area (Å²) in [5.74, 6) is 0.356. The van der Waals surface area contributed by atoms with Crippen molar-refractivity contribution >= 4 is 0 Å². The number of benzene rings is 1. The van der Waals surface area contributed by atoms with E-state index in [2.05, 4.69) is 0 Å².